The van der Waals surface area contributed by atoms with Gasteiger partial charge in [0.1, 0.15) is 5.60 Å². The molecule has 7 heteroatoms. The Morgan fingerprint density at radius 3 is 2.26 bits per heavy atom. The Bertz CT molecular complexity index is 887. The van der Waals surface area contributed by atoms with E-state index in [0.717, 1.165) is 12.8 Å². The smallest absolute Gasteiger partial charge is 0.251 e. The van der Waals surface area contributed by atoms with E-state index < -0.39 is 15.6 Å². The standard InChI is InChI=1S/C20H24N2O4S/c1-20(24,17-7-3-2-4-8-17)15-21-19(23)16-9-11-18(12-10-16)27(25,26)22-13-5-6-14-22/h2-4,7-12,24H,5-6,13-15H2,1H3,(H,21,23). The van der Waals surface area contributed by atoms with Gasteiger partial charge in [0.2, 0.25) is 10.0 Å². The van der Waals surface area contributed by atoms with E-state index in [1.54, 1.807) is 19.1 Å². The zero-order valence-corrected chi connectivity index (χ0v) is 16.1. The lowest BCUT2D eigenvalue weighted by atomic mass is 9.96. The fourth-order valence-electron chi connectivity index (χ4n) is 3.11. The first-order valence-corrected chi connectivity index (χ1v) is 10.4. The van der Waals surface area contributed by atoms with Gasteiger partial charge in [0.15, 0.2) is 0 Å². The van der Waals surface area contributed by atoms with Crippen LogP contribution in [0, 0.1) is 0 Å². The lowest BCUT2D eigenvalue weighted by Crippen LogP contribution is -2.38. The van der Waals surface area contributed by atoms with Gasteiger partial charge in [-0.1, -0.05) is 30.3 Å². The van der Waals surface area contributed by atoms with Gasteiger partial charge >= 0.3 is 0 Å². The molecule has 2 aromatic rings. The Balaban J connectivity index is 1.66. The number of sulfonamides is 1. The lowest BCUT2D eigenvalue weighted by molar-refractivity contribution is 0.0526. The second-order valence-corrected chi connectivity index (χ2v) is 8.90. The summed E-state index contributed by atoms with van der Waals surface area (Å²) in [4.78, 5) is 12.5. The molecule has 1 aliphatic heterocycles. The molecule has 27 heavy (non-hydrogen) atoms. The maximum atomic E-state index is 12.5. The van der Waals surface area contributed by atoms with E-state index in [1.807, 2.05) is 18.2 Å². The first-order valence-electron chi connectivity index (χ1n) is 8.97. The van der Waals surface area contributed by atoms with Crippen LogP contribution in [0.1, 0.15) is 35.7 Å². The molecule has 1 fully saturated rings. The molecule has 0 bridgehead atoms. The van der Waals surface area contributed by atoms with Crippen molar-refractivity contribution in [2.45, 2.75) is 30.3 Å². The predicted octanol–water partition coefficient (Wildman–Crippen LogP) is 2.11. The van der Waals surface area contributed by atoms with Gasteiger partial charge in [0, 0.05) is 18.7 Å². The van der Waals surface area contributed by atoms with Crippen LogP contribution in [0.5, 0.6) is 0 Å². The van der Waals surface area contributed by atoms with Gasteiger partial charge in [-0.05, 0) is 49.6 Å². The van der Waals surface area contributed by atoms with Crippen molar-refractivity contribution in [1.82, 2.24) is 9.62 Å². The summed E-state index contributed by atoms with van der Waals surface area (Å²) in [5, 5.41) is 13.3. The van der Waals surface area contributed by atoms with Gasteiger partial charge < -0.3 is 10.4 Å². The Hall–Kier alpha value is -2.22. The van der Waals surface area contributed by atoms with Crippen molar-refractivity contribution in [3.63, 3.8) is 0 Å². The van der Waals surface area contributed by atoms with Crippen LogP contribution < -0.4 is 5.32 Å². The number of hydrogen-bond acceptors (Lipinski definition) is 4. The monoisotopic (exact) mass is 388 g/mol. The average Bonchev–Trinajstić information content (AvgIpc) is 3.23. The van der Waals surface area contributed by atoms with Crippen molar-refractivity contribution in [3.05, 3.63) is 65.7 Å². The molecule has 6 nitrogen and oxygen atoms in total. The van der Waals surface area contributed by atoms with E-state index in [2.05, 4.69) is 5.32 Å². The fraction of sp³-hybridized carbons (Fsp3) is 0.350. The quantitative estimate of drug-likeness (QED) is 0.794. The van der Waals surface area contributed by atoms with Crippen LogP contribution in [0.15, 0.2) is 59.5 Å². The molecule has 1 aliphatic rings. The maximum absolute atomic E-state index is 12.5. The Morgan fingerprint density at radius 1 is 1.07 bits per heavy atom. The first-order chi connectivity index (χ1) is 12.8. The number of carbonyl (C=O) groups is 1. The number of nitrogens with one attached hydrogen (secondary N) is 1. The van der Waals surface area contributed by atoms with Gasteiger partial charge in [0.25, 0.3) is 5.91 Å². The van der Waals surface area contributed by atoms with Gasteiger partial charge in [-0.15, -0.1) is 0 Å². The Labute approximate surface area is 159 Å². The van der Waals surface area contributed by atoms with Crippen LogP contribution in [0.3, 0.4) is 0 Å². The van der Waals surface area contributed by atoms with E-state index in [1.165, 1.54) is 28.6 Å². The maximum Gasteiger partial charge on any atom is 0.251 e. The third-order valence-corrected chi connectivity index (χ3v) is 6.72. The van der Waals surface area contributed by atoms with Crippen LogP contribution in [-0.2, 0) is 15.6 Å². The number of carbonyl (C=O) groups excluding carboxylic acids is 1. The summed E-state index contributed by atoms with van der Waals surface area (Å²) in [7, 11) is -3.49. The summed E-state index contributed by atoms with van der Waals surface area (Å²) in [6.45, 7) is 2.76. The topological polar surface area (TPSA) is 86.7 Å². The van der Waals surface area contributed by atoms with Crippen LogP contribution in [-0.4, -0.2) is 43.4 Å². The third-order valence-electron chi connectivity index (χ3n) is 4.81. The van der Waals surface area contributed by atoms with E-state index >= 15 is 0 Å². The van der Waals surface area contributed by atoms with Gasteiger partial charge in [-0.3, -0.25) is 4.79 Å². The molecule has 0 aliphatic carbocycles. The van der Waals surface area contributed by atoms with Crippen molar-refractivity contribution >= 4 is 15.9 Å². The zero-order valence-electron chi connectivity index (χ0n) is 15.3. The molecule has 1 heterocycles. The molecule has 1 saturated heterocycles. The molecule has 1 atom stereocenters. The normalized spacial score (nSPS) is 17.4. The van der Waals surface area contributed by atoms with Crippen molar-refractivity contribution < 1.29 is 18.3 Å². The fourth-order valence-corrected chi connectivity index (χ4v) is 4.63. The number of amides is 1. The van der Waals surface area contributed by atoms with Crippen LogP contribution >= 0.6 is 0 Å². The number of hydrogen-bond donors (Lipinski definition) is 2. The largest absolute Gasteiger partial charge is 0.384 e. The highest BCUT2D eigenvalue weighted by molar-refractivity contribution is 7.89. The second-order valence-electron chi connectivity index (χ2n) is 6.96. The number of benzene rings is 2. The molecule has 0 spiro atoms. The molecular formula is C20H24N2O4S. The van der Waals surface area contributed by atoms with Gasteiger partial charge in [0.05, 0.1) is 11.4 Å². The predicted molar refractivity (Wildman–Crippen MR) is 103 cm³/mol. The Morgan fingerprint density at radius 2 is 1.67 bits per heavy atom. The van der Waals surface area contributed by atoms with Crippen LogP contribution in [0.2, 0.25) is 0 Å². The van der Waals surface area contributed by atoms with Gasteiger partial charge in [-0.2, -0.15) is 4.31 Å². The second kappa shape index (κ2) is 7.80. The molecule has 144 valence electrons. The lowest BCUT2D eigenvalue weighted by Gasteiger charge is -2.24. The minimum atomic E-state index is -3.49. The zero-order chi connectivity index (χ0) is 19.5. The summed E-state index contributed by atoms with van der Waals surface area (Å²) in [5.74, 6) is -0.365. The number of aliphatic hydroxyl groups is 1. The highest BCUT2D eigenvalue weighted by Gasteiger charge is 2.27. The molecule has 3 rings (SSSR count). The molecule has 0 saturated carbocycles. The highest BCUT2D eigenvalue weighted by atomic mass is 32.2. The van der Waals surface area contributed by atoms with Crippen LogP contribution in [0.4, 0.5) is 0 Å². The van der Waals surface area contributed by atoms with Crippen molar-refractivity contribution in [1.29, 1.82) is 0 Å². The summed E-state index contributed by atoms with van der Waals surface area (Å²) >= 11 is 0. The molecule has 1 amide bonds. The first kappa shape index (κ1) is 19.5. The molecule has 1 unspecified atom stereocenters. The molecule has 2 aromatic carbocycles. The van der Waals surface area contributed by atoms with Crippen molar-refractivity contribution in [3.8, 4) is 0 Å². The number of nitrogens with zero attached hydrogens (tertiary/aromatic N) is 1. The SMILES string of the molecule is CC(O)(CNC(=O)c1ccc(S(=O)(=O)N2CCCC2)cc1)c1ccccc1. The molecule has 0 radical (unpaired) electrons. The van der Waals surface area contributed by atoms with E-state index in [-0.39, 0.29) is 17.3 Å². The Kier molecular flexibility index (Phi) is 5.64. The van der Waals surface area contributed by atoms with E-state index in [9.17, 15) is 18.3 Å². The van der Waals surface area contributed by atoms with E-state index in [0.29, 0.717) is 24.2 Å². The highest BCUT2D eigenvalue weighted by Crippen LogP contribution is 2.22. The summed E-state index contributed by atoms with van der Waals surface area (Å²) in [6, 6.07) is 15.0. The van der Waals surface area contributed by atoms with Gasteiger partial charge in [-0.25, -0.2) is 8.42 Å². The molecule has 0 aromatic heterocycles. The van der Waals surface area contributed by atoms with Crippen LogP contribution in [0.25, 0.3) is 0 Å². The summed E-state index contributed by atoms with van der Waals surface area (Å²) in [5.41, 5.74) is -0.146. The third kappa shape index (κ3) is 4.37. The summed E-state index contributed by atoms with van der Waals surface area (Å²) < 4.78 is 26.5. The minimum absolute atomic E-state index is 0.0453. The van der Waals surface area contributed by atoms with Crippen molar-refractivity contribution in [2.75, 3.05) is 19.6 Å². The average molecular weight is 388 g/mol. The molecule has 2 N–H and O–H groups in total. The number of rotatable bonds is 6. The molecular weight excluding hydrogens is 364 g/mol. The van der Waals surface area contributed by atoms with E-state index in [4.69, 9.17) is 0 Å². The minimum Gasteiger partial charge on any atom is -0.384 e. The van der Waals surface area contributed by atoms with Crippen molar-refractivity contribution in [2.24, 2.45) is 0 Å². The summed E-state index contributed by atoms with van der Waals surface area (Å²) in [6.07, 6.45) is 1.75.